The van der Waals surface area contributed by atoms with Crippen molar-refractivity contribution in [1.82, 2.24) is 4.90 Å². The van der Waals surface area contributed by atoms with Gasteiger partial charge in [0.15, 0.2) is 0 Å². The number of amides is 1. The fourth-order valence-electron chi connectivity index (χ4n) is 3.86. The maximum atomic E-state index is 12.9. The molecule has 2 fully saturated rings. The van der Waals surface area contributed by atoms with Crippen molar-refractivity contribution in [3.63, 3.8) is 0 Å². The summed E-state index contributed by atoms with van der Waals surface area (Å²) >= 11 is 0. The van der Waals surface area contributed by atoms with Crippen molar-refractivity contribution in [1.29, 1.82) is 5.26 Å². The van der Waals surface area contributed by atoms with E-state index in [2.05, 4.69) is 6.07 Å². The van der Waals surface area contributed by atoms with Crippen molar-refractivity contribution in [2.45, 2.75) is 51.7 Å². The Labute approximate surface area is 121 Å². The fourth-order valence-corrected chi connectivity index (χ4v) is 3.86. The van der Waals surface area contributed by atoms with Crippen LogP contribution in [0.25, 0.3) is 0 Å². The molecule has 1 aliphatic carbocycles. The molecule has 0 aromatic carbocycles. The fraction of sp³-hybridized carbons (Fsp3) is 0.867. The monoisotopic (exact) mass is 279 g/mol. The summed E-state index contributed by atoms with van der Waals surface area (Å²) in [4.78, 5) is 14.6. The Kier molecular flexibility index (Phi) is 4.08. The first kappa shape index (κ1) is 15.3. The van der Waals surface area contributed by atoms with Crippen molar-refractivity contribution in [2.75, 3.05) is 19.7 Å². The van der Waals surface area contributed by atoms with Crippen molar-refractivity contribution < 1.29 is 9.53 Å². The number of likely N-dealkylation sites (N-methyl/N-ethyl adjacent to an activating group) is 1. The van der Waals surface area contributed by atoms with Gasteiger partial charge in [0, 0.05) is 31.0 Å². The summed E-state index contributed by atoms with van der Waals surface area (Å²) in [5.74, 6) is 0.0851. The number of rotatable bonds is 4. The van der Waals surface area contributed by atoms with Gasteiger partial charge in [-0.25, -0.2) is 0 Å². The lowest BCUT2D eigenvalue weighted by Crippen LogP contribution is -2.82. The van der Waals surface area contributed by atoms with Crippen molar-refractivity contribution in [3.05, 3.63) is 0 Å². The van der Waals surface area contributed by atoms with E-state index in [0.717, 1.165) is 19.4 Å². The summed E-state index contributed by atoms with van der Waals surface area (Å²) < 4.78 is 5.83. The summed E-state index contributed by atoms with van der Waals surface area (Å²) in [7, 11) is 0. The third-order valence-electron chi connectivity index (χ3n) is 5.20. The molecule has 3 atom stereocenters. The molecule has 1 heterocycles. The highest BCUT2D eigenvalue weighted by atomic mass is 16.5. The molecule has 5 heteroatoms. The van der Waals surface area contributed by atoms with Gasteiger partial charge >= 0.3 is 0 Å². The molecular weight excluding hydrogens is 254 g/mol. The minimum atomic E-state index is -0.858. The van der Waals surface area contributed by atoms with E-state index in [1.807, 2.05) is 20.8 Å². The Morgan fingerprint density at radius 3 is 2.85 bits per heavy atom. The van der Waals surface area contributed by atoms with Crippen LogP contribution in [0.1, 0.15) is 40.0 Å². The second-order valence-corrected chi connectivity index (χ2v) is 6.42. The SMILES string of the molecule is CCN(CCC#N)C(=O)C1(N)C2CCCOC2C1(C)C. The molecule has 0 aromatic heterocycles. The average molecular weight is 279 g/mol. The molecule has 0 bridgehead atoms. The lowest BCUT2D eigenvalue weighted by atomic mass is 9.46. The van der Waals surface area contributed by atoms with Crippen LogP contribution in [0.3, 0.4) is 0 Å². The highest BCUT2D eigenvalue weighted by Crippen LogP contribution is 2.57. The van der Waals surface area contributed by atoms with Crippen LogP contribution in [0.5, 0.6) is 0 Å². The van der Waals surface area contributed by atoms with E-state index in [1.54, 1.807) is 4.90 Å². The van der Waals surface area contributed by atoms with Gasteiger partial charge in [-0.1, -0.05) is 13.8 Å². The maximum absolute atomic E-state index is 12.9. The Balaban J connectivity index is 2.20. The van der Waals surface area contributed by atoms with Crippen LogP contribution < -0.4 is 5.73 Å². The van der Waals surface area contributed by atoms with Crippen molar-refractivity contribution >= 4 is 5.91 Å². The lowest BCUT2D eigenvalue weighted by Gasteiger charge is -2.65. The molecule has 112 valence electrons. The number of nitrogens with zero attached hydrogens (tertiary/aromatic N) is 2. The third kappa shape index (κ3) is 1.94. The molecule has 0 aromatic rings. The molecule has 2 aliphatic rings. The molecule has 1 amide bonds. The molecule has 3 unspecified atom stereocenters. The Bertz CT molecular complexity index is 429. The Morgan fingerprint density at radius 2 is 2.25 bits per heavy atom. The van der Waals surface area contributed by atoms with E-state index in [4.69, 9.17) is 15.7 Å². The van der Waals surface area contributed by atoms with Gasteiger partial charge in [-0.15, -0.1) is 0 Å². The van der Waals surface area contributed by atoms with Crippen LogP contribution in [-0.2, 0) is 9.53 Å². The predicted molar refractivity (Wildman–Crippen MR) is 75.6 cm³/mol. The molecule has 2 rings (SSSR count). The standard InChI is InChI=1S/C15H25N3O2/c1-4-18(9-6-8-16)13(19)15(17)11-7-5-10-20-12(11)14(15,2)3/h11-12H,4-7,9-10,17H2,1-3H3. The molecule has 5 nitrogen and oxygen atoms in total. The first-order valence-electron chi connectivity index (χ1n) is 7.48. The van der Waals surface area contributed by atoms with Gasteiger partial charge < -0.3 is 15.4 Å². The van der Waals surface area contributed by atoms with Crippen LogP contribution >= 0.6 is 0 Å². The molecule has 2 N–H and O–H groups in total. The maximum Gasteiger partial charge on any atom is 0.243 e. The van der Waals surface area contributed by atoms with Gasteiger partial charge in [-0.2, -0.15) is 5.26 Å². The highest BCUT2D eigenvalue weighted by molar-refractivity contribution is 5.89. The number of fused-ring (bicyclic) bond motifs is 1. The number of hydrogen-bond donors (Lipinski definition) is 1. The molecule has 1 aliphatic heterocycles. The largest absolute Gasteiger partial charge is 0.377 e. The topological polar surface area (TPSA) is 79.4 Å². The number of carbonyl (C=O) groups excluding carboxylic acids is 1. The average Bonchev–Trinajstić information content (AvgIpc) is 2.46. The van der Waals surface area contributed by atoms with Crippen LogP contribution in [0.2, 0.25) is 0 Å². The van der Waals surface area contributed by atoms with Gasteiger partial charge in [0.25, 0.3) is 0 Å². The third-order valence-corrected chi connectivity index (χ3v) is 5.20. The summed E-state index contributed by atoms with van der Waals surface area (Å²) in [5, 5.41) is 8.72. The number of nitriles is 1. The van der Waals surface area contributed by atoms with E-state index in [9.17, 15) is 4.79 Å². The van der Waals surface area contributed by atoms with E-state index in [0.29, 0.717) is 19.5 Å². The Morgan fingerprint density at radius 1 is 1.55 bits per heavy atom. The Hall–Kier alpha value is -1.12. The quantitative estimate of drug-likeness (QED) is 0.840. The first-order chi connectivity index (χ1) is 9.41. The second kappa shape index (κ2) is 5.34. The molecule has 20 heavy (non-hydrogen) atoms. The summed E-state index contributed by atoms with van der Waals surface area (Å²) in [6.45, 7) is 7.79. The zero-order valence-electron chi connectivity index (χ0n) is 12.7. The number of carbonyl (C=O) groups is 1. The number of nitrogens with two attached hydrogens (primary N) is 1. The molecule has 1 saturated heterocycles. The van der Waals surface area contributed by atoms with Crippen molar-refractivity contribution in [2.24, 2.45) is 17.1 Å². The summed E-state index contributed by atoms with van der Waals surface area (Å²) in [6.07, 6.45) is 2.35. The highest BCUT2D eigenvalue weighted by Gasteiger charge is 2.70. The van der Waals surface area contributed by atoms with Crippen LogP contribution in [0, 0.1) is 22.7 Å². The zero-order valence-corrected chi connectivity index (χ0v) is 12.7. The van der Waals surface area contributed by atoms with E-state index < -0.39 is 5.54 Å². The van der Waals surface area contributed by atoms with Gasteiger partial charge in [0.05, 0.1) is 18.6 Å². The first-order valence-corrected chi connectivity index (χ1v) is 7.48. The number of hydrogen-bond acceptors (Lipinski definition) is 4. The van der Waals surface area contributed by atoms with Crippen molar-refractivity contribution in [3.8, 4) is 6.07 Å². The molecular formula is C15H25N3O2. The van der Waals surface area contributed by atoms with Gasteiger partial charge in [-0.05, 0) is 19.8 Å². The van der Waals surface area contributed by atoms with Crippen LogP contribution in [0.15, 0.2) is 0 Å². The molecule has 0 spiro atoms. The van der Waals surface area contributed by atoms with Gasteiger partial charge in [0.1, 0.15) is 5.54 Å². The van der Waals surface area contributed by atoms with Gasteiger partial charge in [-0.3, -0.25) is 4.79 Å². The molecule has 1 saturated carbocycles. The summed E-state index contributed by atoms with van der Waals surface area (Å²) in [6, 6.07) is 2.09. The van der Waals surface area contributed by atoms with Gasteiger partial charge in [0.2, 0.25) is 5.91 Å². The summed E-state index contributed by atoms with van der Waals surface area (Å²) in [5.41, 5.74) is 5.36. The van der Waals surface area contributed by atoms with E-state index in [1.165, 1.54) is 0 Å². The smallest absolute Gasteiger partial charge is 0.243 e. The minimum absolute atomic E-state index is 0.0213. The predicted octanol–water partition coefficient (Wildman–Crippen LogP) is 1.28. The normalized spacial score (nSPS) is 34.5. The second-order valence-electron chi connectivity index (χ2n) is 6.42. The van der Waals surface area contributed by atoms with Crippen LogP contribution in [0.4, 0.5) is 0 Å². The van der Waals surface area contributed by atoms with E-state index in [-0.39, 0.29) is 23.3 Å². The molecule has 0 radical (unpaired) electrons. The lowest BCUT2D eigenvalue weighted by molar-refractivity contribution is -0.230. The minimum Gasteiger partial charge on any atom is -0.377 e. The van der Waals surface area contributed by atoms with Crippen LogP contribution in [-0.4, -0.2) is 42.1 Å². The van der Waals surface area contributed by atoms with E-state index >= 15 is 0 Å². The zero-order chi connectivity index (χ0) is 15.0. The number of ether oxygens (including phenoxy) is 1.